The molecule has 30 heavy (non-hydrogen) atoms. The molecule has 0 unspecified atom stereocenters. The van der Waals surface area contributed by atoms with Gasteiger partial charge in [0.1, 0.15) is 11.6 Å². The Morgan fingerprint density at radius 1 is 1.20 bits per heavy atom. The Morgan fingerprint density at radius 3 is 2.73 bits per heavy atom. The molecule has 2 aliphatic rings. The van der Waals surface area contributed by atoms with Crippen LogP contribution < -0.4 is 5.32 Å². The lowest BCUT2D eigenvalue weighted by Crippen LogP contribution is -2.36. The zero-order valence-corrected chi connectivity index (χ0v) is 18.4. The van der Waals surface area contributed by atoms with Crippen LogP contribution in [0.1, 0.15) is 53.9 Å². The van der Waals surface area contributed by atoms with Crippen molar-refractivity contribution in [2.45, 2.75) is 52.0 Å². The van der Waals surface area contributed by atoms with Gasteiger partial charge in [-0.2, -0.15) is 0 Å². The first-order valence-corrected chi connectivity index (χ1v) is 11.1. The zero-order valence-electron chi connectivity index (χ0n) is 18.4. The largest absolute Gasteiger partial charge is 0.369 e. The molecule has 1 saturated heterocycles. The zero-order chi connectivity index (χ0) is 21.1. The summed E-state index contributed by atoms with van der Waals surface area (Å²) in [6, 6.07) is 8.65. The molecule has 0 radical (unpaired) electrons. The van der Waals surface area contributed by atoms with Crippen LogP contribution in [0.2, 0.25) is 0 Å². The summed E-state index contributed by atoms with van der Waals surface area (Å²) in [7, 11) is 2.18. The van der Waals surface area contributed by atoms with Crippen LogP contribution in [0.3, 0.4) is 0 Å². The van der Waals surface area contributed by atoms with Crippen molar-refractivity contribution in [2.75, 3.05) is 38.5 Å². The number of aryl methyl sites for hydroxylation is 1. The normalized spacial score (nSPS) is 17.6. The molecule has 1 aromatic carbocycles. The lowest BCUT2D eigenvalue weighted by molar-refractivity contribution is -0.129. The van der Waals surface area contributed by atoms with Gasteiger partial charge in [0.2, 0.25) is 5.91 Å². The summed E-state index contributed by atoms with van der Waals surface area (Å²) in [5.41, 5.74) is 4.83. The topological polar surface area (TPSA) is 61.4 Å². The molecule has 6 heteroatoms. The predicted octanol–water partition coefficient (Wildman–Crippen LogP) is 3.15. The van der Waals surface area contributed by atoms with Gasteiger partial charge < -0.3 is 15.1 Å². The first-order chi connectivity index (χ1) is 14.5. The minimum atomic E-state index is 0.116. The number of fused-ring (bicyclic) bond motifs is 1. The summed E-state index contributed by atoms with van der Waals surface area (Å²) < 4.78 is 0. The molecule has 1 aromatic heterocycles. The molecule has 1 N–H and O–H groups in total. The fourth-order valence-electron chi connectivity index (χ4n) is 4.49. The summed E-state index contributed by atoms with van der Waals surface area (Å²) in [6.45, 7) is 8.13. The molecule has 160 valence electrons. The molecule has 0 saturated carbocycles. The molecular weight excluding hydrogens is 374 g/mol. The molecule has 0 bridgehead atoms. The molecule has 1 fully saturated rings. The van der Waals surface area contributed by atoms with E-state index in [-0.39, 0.29) is 5.91 Å². The molecule has 3 heterocycles. The number of rotatable bonds is 5. The molecule has 1 amide bonds. The molecule has 4 rings (SSSR count). The Balaban J connectivity index is 1.55. The van der Waals surface area contributed by atoms with Crippen LogP contribution in [0.15, 0.2) is 24.3 Å². The van der Waals surface area contributed by atoms with Crippen LogP contribution in [0.25, 0.3) is 0 Å². The maximum atomic E-state index is 12.0. The van der Waals surface area contributed by atoms with E-state index < -0.39 is 0 Å². The quantitative estimate of drug-likeness (QED) is 0.825. The first-order valence-electron chi connectivity index (χ1n) is 11.1. The van der Waals surface area contributed by atoms with E-state index in [4.69, 9.17) is 9.97 Å². The van der Waals surface area contributed by atoms with Crippen molar-refractivity contribution >= 4 is 11.7 Å². The second kappa shape index (κ2) is 9.13. The van der Waals surface area contributed by atoms with Crippen molar-refractivity contribution in [1.29, 1.82) is 0 Å². The average molecular weight is 408 g/mol. The van der Waals surface area contributed by atoms with Crippen molar-refractivity contribution in [2.24, 2.45) is 0 Å². The standard InChI is InChI=1S/C24H33N5O/c1-17-5-4-6-19(15-17)7-11-25-24-21-16-29(18(2)30)14-10-22(21)26-23(27-24)20-8-12-28(3)13-9-20/h4-6,15,20H,7-14,16H2,1-3H3,(H,25,26,27). The van der Waals surface area contributed by atoms with E-state index in [9.17, 15) is 4.79 Å². The highest BCUT2D eigenvalue weighted by atomic mass is 16.2. The molecule has 0 aliphatic carbocycles. The number of hydrogen-bond donors (Lipinski definition) is 1. The van der Waals surface area contributed by atoms with E-state index in [0.29, 0.717) is 12.5 Å². The van der Waals surface area contributed by atoms with Gasteiger partial charge in [0.05, 0.1) is 12.2 Å². The summed E-state index contributed by atoms with van der Waals surface area (Å²) in [5, 5.41) is 3.59. The SMILES string of the molecule is CC(=O)N1CCc2nc(C3CCN(C)CC3)nc(NCCc3cccc(C)c3)c2C1. The third-order valence-corrected chi connectivity index (χ3v) is 6.40. The van der Waals surface area contributed by atoms with Crippen LogP contribution in [-0.4, -0.2) is 58.9 Å². The van der Waals surface area contributed by atoms with Crippen LogP contribution in [0, 0.1) is 6.92 Å². The maximum absolute atomic E-state index is 12.0. The third-order valence-electron chi connectivity index (χ3n) is 6.40. The molecule has 0 spiro atoms. The van der Waals surface area contributed by atoms with Gasteiger partial charge in [-0.3, -0.25) is 4.79 Å². The number of nitrogens with zero attached hydrogens (tertiary/aromatic N) is 4. The van der Waals surface area contributed by atoms with E-state index in [1.54, 1.807) is 6.92 Å². The number of likely N-dealkylation sites (tertiary alicyclic amines) is 1. The van der Waals surface area contributed by atoms with Gasteiger partial charge in [0.15, 0.2) is 0 Å². The number of hydrogen-bond acceptors (Lipinski definition) is 5. The Bertz CT molecular complexity index is 904. The lowest BCUT2D eigenvalue weighted by atomic mass is 9.95. The van der Waals surface area contributed by atoms with Gasteiger partial charge in [-0.25, -0.2) is 9.97 Å². The van der Waals surface area contributed by atoms with E-state index >= 15 is 0 Å². The highest BCUT2D eigenvalue weighted by Gasteiger charge is 2.27. The second-order valence-electron chi connectivity index (χ2n) is 8.79. The lowest BCUT2D eigenvalue weighted by Gasteiger charge is -2.31. The molecular formula is C24H33N5O. The number of piperidine rings is 1. The number of aromatic nitrogens is 2. The highest BCUT2D eigenvalue weighted by molar-refractivity contribution is 5.74. The monoisotopic (exact) mass is 407 g/mol. The van der Waals surface area contributed by atoms with Crippen LogP contribution in [-0.2, 0) is 24.2 Å². The van der Waals surface area contributed by atoms with Crippen LogP contribution in [0.5, 0.6) is 0 Å². The molecule has 0 atom stereocenters. The maximum Gasteiger partial charge on any atom is 0.219 e. The Morgan fingerprint density at radius 2 is 2.00 bits per heavy atom. The fraction of sp³-hybridized carbons (Fsp3) is 0.542. The number of nitrogens with one attached hydrogen (secondary N) is 1. The average Bonchev–Trinajstić information content (AvgIpc) is 2.74. The molecule has 2 aromatic rings. The van der Waals surface area contributed by atoms with Crippen LogP contribution in [0.4, 0.5) is 5.82 Å². The van der Waals surface area contributed by atoms with Crippen molar-refractivity contribution in [3.8, 4) is 0 Å². The van der Waals surface area contributed by atoms with Gasteiger partial charge in [0, 0.05) is 37.9 Å². The minimum absolute atomic E-state index is 0.116. The number of benzene rings is 1. The summed E-state index contributed by atoms with van der Waals surface area (Å²) in [4.78, 5) is 26.2. The van der Waals surface area contributed by atoms with Crippen molar-refractivity contribution in [3.63, 3.8) is 0 Å². The van der Waals surface area contributed by atoms with Gasteiger partial charge >= 0.3 is 0 Å². The van der Waals surface area contributed by atoms with Gasteiger partial charge in [0.25, 0.3) is 0 Å². The summed E-state index contributed by atoms with van der Waals surface area (Å²) >= 11 is 0. The smallest absolute Gasteiger partial charge is 0.219 e. The molecule has 2 aliphatic heterocycles. The number of carbonyl (C=O) groups excluding carboxylic acids is 1. The van der Waals surface area contributed by atoms with Crippen LogP contribution >= 0.6 is 0 Å². The summed E-state index contributed by atoms with van der Waals surface area (Å²) in [5.74, 6) is 2.45. The first kappa shape index (κ1) is 20.8. The van der Waals surface area contributed by atoms with E-state index in [1.807, 2.05) is 4.90 Å². The van der Waals surface area contributed by atoms with E-state index in [1.165, 1.54) is 11.1 Å². The Kier molecular flexibility index (Phi) is 6.32. The fourth-order valence-corrected chi connectivity index (χ4v) is 4.49. The van der Waals surface area contributed by atoms with Crippen molar-refractivity contribution in [1.82, 2.24) is 19.8 Å². The van der Waals surface area contributed by atoms with Gasteiger partial charge in [-0.1, -0.05) is 29.8 Å². The van der Waals surface area contributed by atoms with Crippen molar-refractivity contribution in [3.05, 3.63) is 52.5 Å². The van der Waals surface area contributed by atoms with Gasteiger partial charge in [-0.05, 0) is 51.9 Å². The highest BCUT2D eigenvalue weighted by Crippen LogP contribution is 2.30. The third kappa shape index (κ3) is 4.81. The Labute approximate surface area is 179 Å². The van der Waals surface area contributed by atoms with E-state index in [2.05, 4.69) is 48.5 Å². The number of anilines is 1. The van der Waals surface area contributed by atoms with Gasteiger partial charge in [-0.15, -0.1) is 0 Å². The number of amides is 1. The molecule has 6 nitrogen and oxygen atoms in total. The summed E-state index contributed by atoms with van der Waals surface area (Å²) in [6.07, 6.45) is 3.97. The Hall–Kier alpha value is -2.47. The second-order valence-corrected chi connectivity index (χ2v) is 8.79. The number of carbonyl (C=O) groups is 1. The minimum Gasteiger partial charge on any atom is -0.369 e. The van der Waals surface area contributed by atoms with E-state index in [0.717, 1.165) is 74.8 Å². The predicted molar refractivity (Wildman–Crippen MR) is 120 cm³/mol. The van der Waals surface area contributed by atoms with Crippen molar-refractivity contribution < 1.29 is 4.79 Å².